The second kappa shape index (κ2) is 6.23. The number of halogens is 1. The van der Waals surface area contributed by atoms with E-state index >= 15 is 0 Å². The molecule has 0 aliphatic carbocycles. The maximum atomic E-state index is 6.14. The van der Waals surface area contributed by atoms with Gasteiger partial charge in [-0.1, -0.05) is 41.6 Å². The van der Waals surface area contributed by atoms with Crippen LogP contribution in [0.5, 0.6) is 0 Å². The van der Waals surface area contributed by atoms with Gasteiger partial charge < -0.3 is 5.32 Å². The Balaban J connectivity index is 2.32. The molecule has 0 fully saturated rings. The molecule has 2 aromatic rings. The molecular formula is C14H15ClN2S. The summed E-state index contributed by atoms with van der Waals surface area (Å²) in [4.78, 5) is 5.49. The van der Waals surface area contributed by atoms with Gasteiger partial charge in [-0.2, -0.15) is 0 Å². The van der Waals surface area contributed by atoms with Gasteiger partial charge in [0.1, 0.15) is 5.03 Å². The van der Waals surface area contributed by atoms with Crippen LogP contribution in [0.3, 0.4) is 0 Å². The van der Waals surface area contributed by atoms with E-state index in [0.29, 0.717) is 11.1 Å². The second-order valence-electron chi connectivity index (χ2n) is 3.94. The Morgan fingerprint density at radius 1 is 1.22 bits per heavy atom. The Kier molecular flexibility index (Phi) is 4.64. The van der Waals surface area contributed by atoms with Crippen LogP contribution in [0.25, 0.3) is 0 Å². The van der Waals surface area contributed by atoms with Gasteiger partial charge in [-0.25, -0.2) is 4.98 Å². The quantitative estimate of drug-likeness (QED) is 0.909. The Bertz CT molecular complexity index is 531. The Labute approximate surface area is 117 Å². The van der Waals surface area contributed by atoms with Gasteiger partial charge in [0.2, 0.25) is 0 Å². The summed E-state index contributed by atoms with van der Waals surface area (Å²) in [5, 5.41) is 4.79. The van der Waals surface area contributed by atoms with E-state index in [1.165, 1.54) is 10.5 Å². The van der Waals surface area contributed by atoms with Crippen molar-refractivity contribution in [1.29, 1.82) is 0 Å². The van der Waals surface area contributed by atoms with Crippen molar-refractivity contribution < 1.29 is 0 Å². The number of pyridine rings is 1. The van der Waals surface area contributed by atoms with Gasteiger partial charge in [0, 0.05) is 17.1 Å². The minimum Gasteiger partial charge on any atom is -0.313 e. The highest BCUT2D eigenvalue weighted by Crippen LogP contribution is 2.35. The molecule has 0 saturated heterocycles. The molecule has 1 aromatic heterocycles. The SMILES string of the molecule is CNC(C)c1ccccc1Sc1ncccc1Cl. The predicted molar refractivity (Wildman–Crippen MR) is 77.3 cm³/mol. The molecule has 0 spiro atoms. The van der Waals surface area contributed by atoms with E-state index in [4.69, 9.17) is 11.6 Å². The van der Waals surface area contributed by atoms with E-state index in [0.717, 1.165) is 5.03 Å². The van der Waals surface area contributed by atoms with Gasteiger partial charge >= 0.3 is 0 Å². The minimum absolute atomic E-state index is 0.302. The van der Waals surface area contributed by atoms with Crippen molar-refractivity contribution in [2.24, 2.45) is 0 Å². The molecule has 18 heavy (non-hydrogen) atoms. The highest BCUT2D eigenvalue weighted by molar-refractivity contribution is 7.99. The molecular weight excluding hydrogens is 264 g/mol. The predicted octanol–water partition coefficient (Wildman–Crippen LogP) is 4.17. The third-order valence-corrected chi connectivity index (χ3v) is 4.28. The first-order valence-electron chi connectivity index (χ1n) is 5.77. The van der Waals surface area contributed by atoms with Crippen molar-refractivity contribution in [3.63, 3.8) is 0 Å². The molecule has 2 rings (SSSR count). The van der Waals surface area contributed by atoms with Crippen molar-refractivity contribution in [3.8, 4) is 0 Å². The normalized spacial score (nSPS) is 12.4. The topological polar surface area (TPSA) is 24.9 Å². The van der Waals surface area contributed by atoms with E-state index in [-0.39, 0.29) is 0 Å². The molecule has 0 saturated carbocycles. The van der Waals surface area contributed by atoms with Crippen LogP contribution in [0.2, 0.25) is 5.02 Å². The molecule has 0 radical (unpaired) electrons. The largest absolute Gasteiger partial charge is 0.313 e. The Morgan fingerprint density at radius 3 is 2.72 bits per heavy atom. The average Bonchev–Trinajstić information content (AvgIpc) is 2.41. The van der Waals surface area contributed by atoms with E-state index in [1.807, 2.05) is 31.3 Å². The fourth-order valence-corrected chi connectivity index (χ4v) is 2.87. The van der Waals surface area contributed by atoms with Crippen molar-refractivity contribution in [2.45, 2.75) is 22.9 Å². The smallest absolute Gasteiger partial charge is 0.119 e. The van der Waals surface area contributed by atoms with E-state index in [9.17, 15) is 0 Å². The maximum absolute atomic E-state index is 6.14. The lowest BCUT2D eigenvalue weighted by molar-refractivity contribution is 0.641. The molecule has 0 bridgehead atoms. The first-order valence-corrected chi connectivity index (χ1v) is 6.96. The van der Waals surface area contributed by atoms with Crippen molar-refractivity contribution in [1.82, 2.24) is 10.3 Å². The van der Waals surface area contributed by atoms with Crippen LogP contribution >= 0.6 is 23.4 Å². The van der Waals surface area contributed by atoms with Gasteiger partial charge in [0.15, 0.2) is 0 Å². The summed E-state index contributed by atoms with van der Waals surface area (Å²) in [7, 11) is 1.96. The minimum atomic E-state index is 0.302. The molecule has 1 N–H and O–H groups in total. The summed E-state index contributed by atoms with van der Waals surface area (Å²) in [5.41, 5.74) is 1.26. The zero-order chi connectivity index (χ0) is 13.0. The highest BCUT2D eigenvalue weighted by Gasteiger charge is 2.11. The lowest BCUT2D eigenvalue weighted by atomic mass is 10.1. The number of nitrogens with zero attached hydrogens (tertiary/aromatic N) is 1. The first kappa shape index (κ1) is 13.4. The summed E-state index contributed by atoms with van der Waals surface area (Å²) in [6.45, 7) is 2.14. The zero-order valence-electron chi connectivity index (χ0n) is 10.4. The lowest BCUT2D eigenvalue weighted by Crippen LogP contribution is -2.13. The van der Waals surface area contributed by atoms with Gasteiger partial charge in [0.25, 0.3) is 0 Å². The number of hydrogen-bond acceptors (Lipinski definition) is 3. The van der Waals surface area contributed by atoms with Crippen LogP contribution in [0, 0.1) is 0 Å². The molecule has 1 unspecified atom stereocenters. The van der Waals surface area contributed by atoms with Crippen LogP contribution in [-0.2, 0) is 0 Å². The number of aromatic nitrogens is 1. The van der Waals surface area contributed by atoms with E-state index < -0.39 is 0 Å². The summed E-state index contributed by atoms with van der Waals surface area (Å²) >= 11 is 7.74. The molecule has 2 nitrogen and oxygen atoms in total. The molecule has 4 heteroatoms. The Hall–Kier alpha value is -1.03. The van der Waals surface area contributed by atoms with Crippen molar-refractivity contribution in [2.75, 3.05) is 7.05 Å². The summed E-state index contributed by atoms with van der Waals surface area (Å²) in [6, 6.07) is 12.3. The van der Waals surface area contributed by atoms with Crippen LogP contribution in [0.1, 0.15) is 18.5 Å². The van der Waals surface area contributed by atoms with Gasteiger partial charge in [-0.15, -0.1) is 0 Å². The van der Waals surface area contributed by atoms with E-state index in [1.54, 1.807) is 18.0 Å². The van der Waals surface area contributed by atoms with Crippen LogP contribution in [0.4, 0.5) is 0 Å². The number of nitrogens with one attached hydrogen (secondary N) is 1. The molecule has 1 heterocycles. The molecule has 1 atom stereocenters. The summed E-state index contributed by atoms with van der Waals surface area (Å²) in [5.74, 6) is 0. The van der Waals surface area contributed by atoms with Crippen molar-refractivity contribution in [3.05, 3.63) is 53.2 Å². The molecule has 0 aliphatic heterocycles. The third-order valence-electron chi connectivity index (χ3n) is 2.75. The van der Waals surface area contributed by atoms with Gasteiger partial charge in [0.05, 0.1) is 5.02 Å². The second-order valence-corrected chi connectivity index (χ2v) is 5.38. The monoisotopic (exact) mass is 278 g/mol. The average molecular weight is 279 g/mol. The van der Waals surface area contributed by atoms with Crippen LogP contribution < -0.4 is 5.32 Å². The standard InChI is InChI=1S/C14H15ClN2S/c1-10(16-2)11-6-3-4-8-13(11)18-14-12(15)7-5-9-17-14/h3-10,16H,1-2H3. The van der Waals surface area contributed by atoms with E-state index in [2.05, 4.69) is 29.4 Å². The lowest BCUT2D eigenvalue weighted by Gasteiger charge is -2.15. The number of rotatable bonds is 4. The fourth-order valence-electron chi connectivity index (χ4n) is 1.64. The van der Waals surface area contributed by atoms with Crippen LogP contribution in [-0.4, -0.2) is 12.0 Å². The zero-order valence-corrected chi connectivity index (χ0v) is 11.9. The first-order chi connectivity index (χ1) is 8.72. The van der Waals surface area contributed by atoms with Crippen LogP contribution in [0.15, 0.2) is 52.5 Å². The number of hydrogen-bond donors (Lipinski definition) is 1. The number of benzene rings is 1. The summed E-state index contributed by atoms with van der Waals surface area (Å²) < 4.78 is 0. The molecule has 94 valence electrons. The third kappa shape index (κ3) is 3.05. The van der Waals surface area contributed by atoms with Crippen molar-refractivity contribution >= 4 is 23.4 Å². The molecule has 0 amide bonds. The Morgan fingerprint density at radius 2 is 2.00 bits per heavy atom. The maximum Gasteiger partial charge on any atom is 0.119 e. The molecule has 0 aliphatic rings. The van der Waals surface area contributed by atoms with Gasteiger partial charge in [-0.05, 0) is 37.7 Å². The highest BCUT2D eigenvalue weighted by atomic mass is 35.5. The fraction of sp³-hybridized carbons (Fsp3) is 0.214. The van der Waals surface area contributed by atoms with Gasteiger partial charge in [-0.3, -0.25) is 0 Å². The molecule has 1 aromatic carbocycles. The summed E-state index contributed by atoms with van der Waals surface area (Å²) in [6.07, 6.45) is 1.76.